The molecule has 2 aromatic rings. The quantitative estimate of drug-likeness (QED) is 0.497. The zero-order valence-corrected chi connectivity index (χ0v) is 20.6. The first-order valence-electron chi connectivity index (χ1n) is 10.9. The van der Waals surface area contributed by atoms with Gasteiger partial charge < -0.3 is 20.7 Å². The third kappa shape index (κ3) is 6.06. The van der Waals surface area contributed by atoms with Crippen LogP contribution in [0.25, 0.3) is 0 Å². The standard InChI is InChI=1S/C24H29F2N3O4Si/c1-33-13-14-5-7-15(8-6-14)21(29-23(31)16-9-20(30)27-12-16)24(32)28-17-10-18(25)22(19(26)11-17)34(2,3)4/h5-8,10-11,16,21H,9,12-13H2,1-4H3,(H,27,30)(H,28,32)(H,29,31)/t16-,21?/m0/s1. The molecule has 1 aliphatic heterocycles. The smallest absolute Gasteiger partial charge is 0.251 e. The first kappa shape index (κ1) is 25.5. The molecule has 0 radical (unpaired) electrons. The van der Waals surface area contributed by atoms with Gasteiger partial charge in [-0.1, -0.05) is 43.9 Å². The summed E-state index contributed by atoms with van der Waals surface area (Å²) in [6, 6.07) is 7.91. The highest BCUT2D eigenvalue weighted by Crippen LogP contribution is 2.21. The van der Waals surface area contributed by atoms with Crippen molar-refractivity contribution in [2.24, 2.45) is 5.92 Å². The summed E-state index contributed by atoms with van der Waals surface area (Å²) in [7, 11) is -0.716. The first-order valence-corrected chi connectivity index (χ1v) is 14.4. The molecule has 1 aliphatic rings. The van der Waals surface area contributed by atoms with Crippen molar-refractivity contribution >= 4 is 36.7 Å². The van der Waals surface area contributed by atoms with E-state index in [2.05, 4.69) is 16.0 Å². The monoisotopic (exact) mass is 489 g/mol. The first-order chi connectivity index (χ1) is 16.0. The van der Waals surface area contributed by atoms with Crippen molar-refractivity contribution in [3.63, 3.8) is 0 Å². The van der Waals surface area contributed by atoms with Crippen molar-refractivity contribution in [1.29, 1.82) is 0 Å². The topological polar surface area (TPSA) is 96.5 Å². The molecule has 0 spiro atoms. The minimum absolute atomic E-state index is 0.0293. The lowest BCUT2D eigenvalue weighted by Gasteiger charge is -2.22. The summed E-state index contributed by atoms with van der Waals surface area (Å²) in [5.74, 6) is -3.40. The maximum atomic E-state index is 14.7. The average Bonchev–Trinajstić information content (AvgIpc) is 3.17. The molecule has 3 amide bonds. The molecule has 10 heteroatoms. The molecule has 1 unspecified atom stereocenters. The molecule has 0 bridgehead atoms. The fourth-order valence-corrected chi connectivity index (χ4v) is 5.48. The van der Waals surface area contributed by atoms with Crippen LogP contribution in [0.15, 0.2) is 36.4 Å². The second-order valence-electron chi connectivity index (χ2n) is 9.38. The number of carbonyl (C=O) groups is 3. The zero-order chi connectivity index (χ0) is 25.0. The van der Waals surface area contributed by atoms with Crippen molar-refractivity contribution in [3.05, 3.63) is 59.2 Å². The summed E-state index contributed by atoms with van der Waals surface area (Å²) in [6.07, 6.45) is 0.0293. The maximum absolute atomic E-state index is 14.7. The van der Waals surface area contributed by atoms with Crippen LogP contribution in [0.4, 0.5) is 14.5 Å². The number of halogens is 2. The van der Waals surface area contributed by atoms with Gasteiger partial charge >= 0.3 is 0 Å². The van der Waals surface area contributed by atoms with Gasteiger partial charge in [-0.25, -0.2) is 8.78 Å². The molecule has 3 rings (SSSR count). The van der Waals surface area contributed by atoms with Crippen molar-refractivity contribution in [1.82, 2.24) is 10.6 Å². The molecule has 3 N–H and O–H groups in total. The predicted molar refractivity (Wildman–Crippen MR) is 127 cm³/mol. The third-order valence-electron chi connectivity index (χ3n) is 5.58. The van der Waals surface area contributed by atoms with Gasteiger partial charge in [0.05, 0.1) is 20.6 Å². The molecule has 1 saturated heterocycles. The van der Waals surface area contributed by atoms with E-state index in [4.69, 9.17) is 4.74 Å². The Kier molecular flexibility index (Phi) is 7.83. The average molecular weight is 490 g/mol. The van der Waals surface area contributed by atoms with E-state index in [1.807, 2.05) is 19.6 Å². The number of nitrogens with one attached hydrogen (secondary N) is 3. The van der Waals surface area contributed by atoms with Crippen molar-refractivity contribution < 1.29 is 27.9 Å². The highest BCUT2D eigenvalue weighted by Gasteiger charge is 2.32. The van der Waals surface area contributed by atoms with Crippen LogP contribution in [0.1, 0.15) is 23.6 Å². The largest absolute Gasteiger partial charge is 0.380 e. The lowest BCUT2D eigenvalue weighted by molar-refractivity contribution is -0.129. The van der Waals surface area contributed by atoms with Crippen LogP contribution in [0.3, 0.4) is 0 Å². The van der Waals surface area contributed by atoms with Crippen LogP contribution in [0.5, 0.6) is 0 Å². The number of amides is 3. The van der Waals surface area contributed by atoms with Gasteiger partial charge in [-0.15, -0.1) is 0 Å². The minimum Gasteiger partial charge on any atom is -0.380 e. The van der Waals surface area contributed by atoms with E-state index in [1.165, 1.54) is 0 Å². The Labute approximate surface area is 198 Å². The Balaban J connectivity index is 1.87. The Hall–Kier alpha value is -3.11. The Bertz CT molecular complexity index is 1060. The number of hydrogen-bond acceptors (Lipinski definition) is 4. The highest BCUT2D eigenvalue weighted by molar-refractivity contribution is 6.88. The Morgan fingerprint density at radius 3 is 2.26 bits per heavy atom. The Morgan fingerprint density at radius 1 is 1.15 bits per heavy atom. The summed E-state index contributed by atoms with van der Waals surface area (Å²) in [6.45, 7) is 6.04. The number of anilines is 1. The van der Waals surface area contributed by atoms with E-state index in [1.54, 1.807) is 31.4 Å². The van der Waals surface area contributed by atoms with Crippen LogP contribution >= 0.6 is 0 Å². The van der Waals surface area contributed by atoms with Gasteiger partial charge in [-0.05, 0) is 23.3 Å². The summed E-state index contributed by atoms with van der Waals surface area (Å²) in [4.78, 5) is 37.4. The van der Waals surface area contributed by atoms with E-state index in [0.29, 0.717) is 12.2 Å². The molecule has 2 aromatic carbocycles. The van der Waals surface area contributed by atoms with E-state index in [0.717, 1.165) is 17.7 Å². The number of methoxy groups -OCH3 is 1. The van der Waals surface area contributed by atoms with Gasteiger partial charge in [0.25, 0.3) is 5.91 Å². The molecule has 2 atom stereocenters. The molecule has 34 heavy (non-hydrogen) atoms. The molecule has 1 heterocycles. The zero-order valence-electron chi connectivity index (χ0n) is 19.6. The van der Waals surface area contributed by atoms with Crippen LogP contribution in [0.2, 0.25) is 19.6 Å². The summed E-state index contributed by atoms with van der Waals surface area (Å²) in [5, 5.41) is 7.84. The van der Waals surface area contributed by atoms with E-state index in [-0.39, 0.29) is 29.7 Å². The number of carbonyl (C=O) groups excluding carboxylic acids is 3. The maximum Gasteiger partial charge on any atom is 0.251 e. The van der Waals surface area contributed by atoms with Crippen LogP contribution in [0, 0.1) is 17.6 Å². The van der Waals surface area contributed by atoms with Crippen LogP contribution in [-0.4, -0.2) is 39.4 Å². The number of ether oxygens (including phenoxy) is 1. The lowest BCUT2D eigenvalue weighted by atomic mass is 10.0. The molecular formula is C24H29F2N3O4Si. The molecule has 0 aromatic heterocycles. The summed E-state index contributed by atoms with van der Waals surface area (Å²) >= 11 is 0. The van der Waals surface area contributed by atoms with Gasteiger partial charge in [0.1, 0.15) is 17.7 Å². The number of benzene rings is 2. The minimum atomic E-state index is -2.28. The van der Waals surface area contributed by atoms with E-state index in [9.17, 15) is 23.2 Å². The van der Waals surface area contributed by atoms with Crippen molar-refractivity contribution in [2.75, 3.05) is 19.0 Å². The fourth-order valence-electron chi connectivity index (χ4n) is 3.90. The van der Waals surface area contributed by atoms with Gasteiger partial charge in [-0.3, -0.25) is 14.4 Å². The normalized spacial score (nSPS) is 16.6. The van der Waals surface area contributed by atoms with Gasteiger partial charge in [0.15, 0.2) is 0 Å². The van der Waals surface area contributed by atoms with Crippen molar-refractivity contribution in [2.45, 2.75) is 38.7 Å². The molecule has 1 fully saturated rings. The SMILES string of the molecule is COCc1ccc(C(NC(=O)[C@@H]2CNC(=O)C2)C(=O)Nc2cc(F)c([Si](C)(C)C)c(F)c2)cc1. The summed E-state index contributed by atoms with van der Waals surface area (Å²) < 4.78 is 34.4. The second kappa shape index (κ2) is 10.4. The van der Waals surface area contributed by atoms with E-state index < -0.39 is 43.5 Å². The highest BCUT2D eigenvalue weighted by atomic mass is 28.3. The second-order valence-corrected chi connectivity index (χ2v) is 14.4. The van der Waals surface area contributed by atoms with Crippen LogP contribution in [-0.2, 0) is 25.7 Å². The molecule has 7 nitrogen and oxygen atoms in total. The Morgan fingerprint density at radius 2 is 1.76 bits per heavy atom. The van der Waals surface area contributed by atoms with Gasteiger partial charge in [0.2, 0.25) is 11.8 Å². The third-order valence-corrected chi connectivity index (χ3v) is 7.56. The summed E-state index contributed by atoms with van der Waals surface area (Å²) in [5.41, 5.74) is 1.30. The molecule has 0 aliphatic carbocycles. The lowest BCUT2D eigenvalue weighted by Crippen LogP contribution is -2.43. The molecule has 0 saturated carbocycles. The van der Waals surface area contributed by atoms with E-state index >= 15 is 0 Å². The number of hydrogen-bond donors (Lipinski definition) is 3. The van der Waals surface area contributed by atoms with Crippen LogP contribution < -0.4 is 21.1 Å². The van der Waals surface area contributed by atoms with Crippen molar-refractivity contribution in [3.8, 4) is 0 Å². The molecule has 182 valence electrons. The molecular weight excluding hydrogens is 460 g/mol. The predicted octanol–water partition coefficient (Wildman–Crippen LogP) is 2.59. The fraction of sp³-hybridized carbons (Fsp3) is 0.375. The van der Waals surface area contributed by atoms with Gasteiger partial charge in [-0.2, -0.15) is 0 Å². The van der Waals surface area contributed by atoms with Gasteiger partial charge in [0, 0.05) is 30.9 Å². The number of rotatable bonds is 8.